The molecule has 106 valence electrons. The minimum atomic E-state index is -3.87. The zero-order valence-electron chi connectivity index (χ0n) is 10.3. The summed E-state index contributed by atoms with van der Waals surface area (Å²) in [6.45, 7) is 1.59. The van der Waals surface area contributed by atoms with Gasteiger partial charge in [-0.15, -0.1) is 0 Å². The van der Waals surface area contributed by atoms with Crippen molar-refractivity contribution >= 4 is 21.7 Å². The van der Waals surface area contributed by atoms with Crippen LogP contribution in [0.3, 0.4) is 0 Å². The first-order chi connectivity index (χ1) is 8.77. The number of carbonyl (C=O) groups is 1. The summed E-state index contributed by atoms with van der Waals surface area (Å²) >= 11 is 0. The molecule has 1 atom stereocenters. The number of carboxylic acid groups (broad SMARTS) is 1. The van der Waals surface area contributed by atoms with Gasteiger partial charge < -0.3 is 15.9 Å². The van der Waals surface area contributed by atoms with Crippen molar-refractivity contribution in [2.45, 2.75) is 24.3 Å². The number of aromatic carboxylic acids is 1. The van der Waals surface area contributed by atoms with Crippen LogP contribution in [-0.2, 0) is 10.0 Å². The minimum absolute atomic E-state index is 0.0926. The zero-order chi connectivity index (χ0) is 14.6. The van der Waals surface area contributed by atoms with Crippen molar-refractivity contribution in [3.05, 3.63) is 23.8 Å². The molecule has 0 bridgehead atoms. The average Bonchev–Trinajstić information content (AvgIpc) is 2.35. The molecule has 1 rings (SSSR count). The number of sulfonamides is 1. The zero-order valence-corrected chi connectivity index (χ0v) is 11.1. The molecule has 0 spiro atoms. The number of rotatable bonds is 6. The van der Waals surface area contributed by atoms with E-state index in [1.54, 1.807) is 6.92 Å². The number of benzene rings is 1. The van der Waals surface area contributed by atoms with Crippen molar-refractivity contribution < 1.29 is 23.4 Å². The second-order valence-corrected chi connectivity index (χ2v) is 5.71. The Morgan fingerprint density at radius 1 is 1.47 bits per heavy atom. The van der Waals surface area contributed by atoms with Crippen LogP contribution in [0.4, 0.5) is 5.69 Å². The lowest BCUT2D eigenvalue weighted by molar-refractivity contribution is 0.0697. The third kappa shape index (κ3) is 3.91. The van der Waals surface area contributed by atoms with E-state index in [9.17, 15) is 18.3 Å². The van der Waals surface area contributed by atoms with Crippen LogP contribution in [-0.4, -0.2) is 37.2 Å². The van der Waals surface area contributed by atoms with Crippen molar-refractivity contribution in [1.82, 2.24) is 4.72 Å². The summed E-state index contributed by atoms with van der Waals surface area (Å²) in [5.41, 5.74) is 5.29. The van der Waals surface area contributed by atoms with Gasteiger partial charge in [-0.2, -0.15) is 0 Å². The molecule has 0 aliphatic carbocycles. The molecule has 0 aliphatic heterocycles. The van der Waals surface area contributed by atoms with Gasteiger partial charge in [-0.3, -0.25) is 0 Å². The van der Waals surface area contributed by atoms with E-state index in [0.717, 1.165) is 18.2 Å². The maximum Gasteiger partial charge on any atom is 0.335 e. The Kier molecular flexibility index (Phi) is 4.87. The maximum atomic E-state index is 11.9. The SMILES string of the molecule is CCC(O)CNS(=O)(=O)c1ccc(C(=O)O)cc1N. The second kappa shape index (κ2) is 6.00. The van der Waals surface area contributed by atoms with Crippen LogP contribution in [0, 0.1) is 0 Å². The highest BCUT2D eigenvalue weighted by Crippen LogP contribution is 2.19. The third-order valence-corrected chi connectivity index (χ3v) is 4.02. The normalized spacial score (nSPS) is 13.2. The summed E-state index contributed by atoms with van der Waals surface area (Å²) in [5, 5.41) is 18.1. The van der Waals surface area contributed by atoms with E-state index in [0.29, 0.717) is 6.42 Å². The fourth-order valence-corrected chi connectivity index (χ4v) is 2.54. The number of carboxylic acids is 1. The van der Waals surface area contributed by atoms with E-state index >= 15 is 0 Å². The second-order valence-electron chi connectivity index (χ2n) is 3.97. The van der Waals surface area contributed by atoms with Crippen molar-refractivity contribution in [2.75, 3.05) is 12.3 Å². The van der Waals surface area contributed by atoms with E-state index in [4.69, 9.17) is 10.8 Å². The Morgan fingerprint density at radius 2 is 2.11 bits per heavy atom. The highest BCUT2D eigenvalue weighted by atomic mass is 32.2. The van der Waals surface area contributed by atoms with Gasteiger partial charge in [0.15, 0.2) is 0 Å². The summed E-state index contributed by atoms with van der Waals surface area (Å²) in [6.07, 6.45) is -0.370. The molecule has 0 amide bonds. The molecule has 0 radical (unpaired) electrons. The van der Waals surface area contributed by atoms with Crippen molar-refractivity contribution in [1.29, 1.82) is 0 Å². The number of hydrogen-bond donors (Lipinski definition) is 4. The molecule has 1 aromatic carbocycles. The lowest BCUT2D eigenvalue weighted by Gasteiger charge is -2.12. The van der Waals surface area contributed by atoms with Gasteiger partial charge in [0.25, 0.3) is 0 Å². The predicted molar refractivity (Wildman–Crippen MR) is 69.3 cm³/mol. The molecule has 0 aliphatic rings. The fourth-order valence-electron chi connectivity index (χ4n) is 1.35. The third-order valence-electron chi connectivity index (χ3n) is 2.53. The molecule has 19 heavy (non-hydrogen) atoms. The van der Waals surface area contributed by atoms with Crippen LogP contribution in [0.1, 0.15) is 23.7 Å². The first kappa shape index (κ1) is 15.4. The minimum Gasteiger partial charge on any atom is -0.478 e. The van der Waals surface area contributed by atoms with Crippen molar-refractivity contribution in [2.24, 2.45) is 0 Å². The smallest absolute Gasteiger partial charge is 0.335 e. The quantitative estimate of drug-likeness (QED) is 0.546. The Bertz CT molecular complexity index is 570. The van der Waals surface area contributed by atoms with Gasteiger partial charge in [-0.25, -0.2) is 17.9 Å². The van der Waals surface area contributed by atoms with Gasteiger partial charge >= 0.3 is 5.97 Å². The van der Waals surface area contributed by atoms with E-state index < -0.39 is 22.1 Å². The molecule has 0 heterocycles. The van der Waals surface area contributed by atoms with Crippen LogP contribution in [0.2, 0.25) is 0 Å². The molecular weight excluding hydrogens is 272 g/mol. The molecule has 0 saturated heterocycles. The Hall–Kier alpha value is -1.64. The number of anilines is 1. The molecule has 0 fully saturated rings. The first-order valence-corrected chi connectivity index (χ1v) is 7.06. The standard InChI is InChI=1S/C11H16N2O5S/c1-2-8(14)6-13-19(17,18)10-4-3-7(11(15)16)5-9(10)12/h3-5,8,13-14H,2,6,12H2,1H3,(H,15,16). The van der Waals surface area contributed by atoms with Crippen LogP contribution < -0.4 is 10.5 Å². The Balaban J connectivity index is 2.99. The van der Waals surface area contributed by atoms with Crippen LogP contribution >= 0.6 is 0 Å². The predicted octanol–water partition coefficient (Wildman–Crippen LogP) is 0.0162. The van der Waals surface area contributed by atoms with Gasteiger partial charge in [0.2, 0.25) is 10.0 Å². The van der Waals surface area contributed by atoms with E-state index in [1.807, 2.05) is 0 Å². The van der Waals surface area contributed by atoms with E-state index in [2.05, 4.69) is 4.72 Å². The van der Waals surface area contributed by atoms with Crippen molar-refractivity contribution in [3.63, 3.8) is 0 Å². The Morgan fingerprint density at radius 3 is 2.58 bits per heavy atom. The van der Waals surface area contributed by atoms with Gasteiger partial charge in [0.05, 0.1) is 17.4 Å². The number of nitrogens with one attached hydrogen (secondary N) is 1. The summed E-state index contributed by atoms with van der Waals surface area (Å²) < 4.78 is 26.0. The van der Waals surface area contributed by atoms with Crippen LogP contribution in [0.5, 0.6) is 0 Å². The molecule has 1 aromatic rings. The number of nitrogens with two attached hydrogens (primary N) is 1. The highest BCUT2D eigenvalue weighted by Gasteiger charge is 2.19. The van der Waals surface area contributed by atoms with E-state index in [-0.39, 0.29) is 22.7 Å². The summed E-state index contributed by atoms with van der Waals surface area (Å²) in [4.78, 5) is 10.5. The average molecular weight is 288 g/mol. The number of aliphatic hydroxyl groups excluding tert-OH is 1. The lowest BCUT2D eigenvalue weighted by atomic mass is 10.2. The fraction of sp³-hybridized carbons (Fsp3) is 0.364. The maximum absolute atomic E-state index is 11.9. The largest absolute Gasteiger partial charge is 0.478 e. The van der Waals surface area contributed by atoms with Gasteiger partial charge in [0.1, 0.15) is 4.90 Å². The monoisotopic (exact) mass is 288 g/mol. The highest BCUT2D eigenvalue weighted by molar-refractivity contribution is 7.89. The lowest BCUT2D eigenvalue weighted by Crippen LogP contribution is -2.32. The summed E-state index contributed by atoms with van der Waals surface area (Å²) in [7, 11) is -3.87. The van der Waals surface area contributed by atoms with Crippen LogP contribution in [0.15, 0.2) is 23.1 Å². The number of hydrogen-bond acceptors (Lipinski definition) is 5. The molecular formula is C11H16N2O5S. The molecule has 1 unspecified atom stereocenters. The summed E-state index contributed by atoms with van der Waals surface area (Å²) in [6, 6.07) is 3.36. The van der Waals surface area contributed by atoms with Crippen molar-refractivity contribution in [3.8, 4) is 0 Å². The van der Waals surface area contributed by atoms with Gasteiger partial charge in [0, 0.05) is 6.54 Å². The van der Waals surface area contributed by atoms with Crippen LogP contribution in [0.25, 0.3) is 0 Å². The molecule has 0 saturated carbocycles. The van der Waals surface area contributed by atoms with E-state index in [1.165, 1.54) is 0 Å². The van der Waals surface area contributed by atoms with Gasteiger partial charge in [-0.1, -0.05) is 6.92 Å². The number of nitrogen functional groups attached to an aromatic ring is 1. The number of aliphatic hydroxyl groups is 1. The molecule has 8 heteroatoms. The Labute approximate surface area is 111 Å². The molecule has 0 aromatic heterocycles. The topological polar surface area (TPSA) is 130 Å². The van der Waals surface area contributed by atoms with Gasteiger partial charge in [-0.05, 0) is 24.6 Å². The molecule has 7 nitrogen and oxygen atoms in total. The molecule has 5 N–H and O–H groups in total. The summed E-state index contributed by atoms with van der Waals surface area (Å²) in [5.74, 6) is -1.19. The first-order valence-electron chi connectivity index (χ1n) is 5.58.